The van der Waals surface area contributed by atoms with Crippen LogP contribution in [0.2, 0.25) is 0 Å². The normalized spacial score (nSPS) is 16.8. The van der Waals surface area contributed by atoms with Crippen molar-refractivity contribution in [3.8, 4) is 0 Å². The smallest absolute Gasteiger partial charge is 0.258 e. The molecule has 0 fully saturated rings. The summed E-state index contributed by atoms with van der Waals surface area (Å²) in [5, 5.41) is 13.0. The summed E-state index contributed by atoms with van der Waals surface area (Å²) in [6, 6.07) is 9.36. The van der Waals surface area contributed by atoms with E-state index in [0.717, 1.165) is 36.5 Å². The summed E-state index contributed by atoms with van der Waals surface area (Å²) >= 11 is 0. The van der Waals surface area contributed by atoms with Crippen LogP contribution < -0.4 is 0 Å². The topological polar surface area (TPSA) is 43.1 Å². The van der Waals surface area contributed by atoms with Crippen LogP contribution in [0.15, 0.2) is 48.1 Å². The first-order chi connectivity index (χ1) is 10.3. The Labute approximate surface area is 122 Å². The maximum absolute atomic E-state index is 11.2. The first-order valence-electron chi connectivity index (χ1n) is 7.33. The summed E-state index contributed by atoms with van der Waals surface area (Å²) in [6.45, 7) is 0. The van der Waals surface area contributed by atoms with Gasteiger partial charge in [-0.05, 0) is 53.8 Å². The summed E-state index contributed by atoms with van der Waals surface area (Å²) in [7, 11) is 0. The molecule has 0 aromatic heterocycles. The Hall–Kier alpha value is -2.42. The maximum atomic E-state index is 11.2. The number of benzene rings is 2. The predicted molar refractivity (Wildman–Crippen MR) is 84.2 cm³/mol. The van der Waals surface area contributed by atoms with Crippen LogP contribution in [-0.4, -0.2) is 4.92 Å². The standard InChI is InChI=1S/C18H15NO2/c20-19(21)18-7-3-6-14-16-9-8-12-4-1-2-5-13(12)15(16)10-11-17(14)18/h2-3,5-7,10-11H,1,4,8-9H2. The average Bonchev–Trinajstić information content (AvgIpc) is 2.53. The minimum atomic E-state index is -0.289. The molecule has 0 unspecified atom stereocenters. The lowest BCUT2D eigenvalue weighted by molar-refractivity contribution is -0.383. The van der Waals surface area contributed by atoms with Crippen molar-refractivity contribution in [2.75, 3.05) is 0 Å². The molecule has 3 nitrogen and oxygen atoms in total. The van der Waals surface area contributed by atoms with E-state index < -0.39 is 0 Å². The Morgan fingerprint density at radius 1 is 1.00 bits per heavy atom. The van der Waals surface area contributed by atoms with Crippen LogP contribution in [-0.2, 0) is 6.42 Å². The molecule has 0 radical (unpaired) electrons. The average molecular weight is 277 g/mol. The fraction of sp³-hybridized carbons (Fsp3) is 0.222. The van der Waals surface area contributed by atoms with E-state index in [1.54, 1.807) is 12.1 Å². The molecular formula is C18H15NO2. The van der Waals surface area contributed by atoms with Gasteiger partial charge in [0.05, 0.1) is 10.3 Å². The molecule has 3 heteroatoms. The van der Waals surface area contributed by atoms with Gasteiger partial charge in [-0.3, -0.25) is 10.1 Å². The van der Waals surface area contributed by atoms with E-state index in [4.69, 9.17) is 0 Å². The highest BCUT2D eigenvalue weighted by molar-refractivity contribution is 5.98. The molecule has 0 amide bonds. The lowest BCUT2D eigenvalue weighted by atomic mass is 9.79. The lowest BCUT2D eigenvalue weighted by Crippen LogP contribution is -2.07. The second-order valence-corrected chi connectivity index (χ2v) is 5.68. The first kappa shape index (κ1) is 12.3. The zero-order chi connectivity index (χ0) is 14.4. The number of nitro benzene ring substituents is 1. The van der Waals surface area contributed by atoms with E-state index in [9.17, 15) is 10.1 Å². The summed E-state index contributed by atoms with van der Waals surface area (Å²) in [4.78, 5) is 10.9. The minimum absolute atomic E-state index is 0.203. The van der Waals surface area contributed by atoms with Crippen LogP contribution in [0.5, 0.6) is 0 Å². The second-order valence-electron chi connectivity index (χ2n) is 5.68. The molecule has 2 aromatic rings. The van der Waals surface area contributed by atoms with Crippen LogP contribution in [0.1, 0.15) is 30.4 Å². The highest BCUT2D eigenvalue weighted by Crippen LogP contribution is 2.41. The molecule has 2 aliphatic rings. The van der Waals surface area contributed by atoms with Gasteiger partial charge in [-0.1, -0.05) is 35.9 Å². The monoisotopic (exact) mass is 277 g/mol. The third-order valence-electron chi connectivity index (χ3n) is 4.59. The van der Waals surface area contributed by atoms with Crippen LogP contribution in [0.3, 0.4) is 0 Å². The van der Waals surface area contributed by atoms with Crippen molar-refractivity contribution < 1.29 is 4.92 Å². The van der Waals surface area contributed by atoms with Crippen LogP contribution >= 0.6 is 0 Å². The largest absolute Gasteiger partial charge is 0.277 e. The number of fused-ring (bicyclic) bond motifs is 4. The van der Waals surface area contributed by atoms with Gasteiger partial charge in [0, 0.05) is 6.07 Å². The fourth-order valence-electron chi connectivity index (χ4n) is 3.61. The molecule has 0 aliphatic heterocycles. The van der Waals surface area contributed by atoms with E-state index in [1.165, 1.54) is 22.3 Å². The van der Waals surface area contributed by atoms with Crippen molar-refractivity contribution in [1.82, 2.24) is 0 Å². The molecule has 0 bridgehead atoms. The molecule has 0 saturated carbocycles. The first-order valence-corrected chi connectivity index (χ1v) is 7.33. The van der Waals surface area contributed by atoms with Crippen molar-refractivity contribution in [2.45, 2.75) is 25.7 Å². The second kappa shape index (κ2) is 4.55. The third kappa shape index (κ3) is 1.81. The van der Waals surface area contributed by atoms with Gasteiger partial charge >= 0.3 is 0 Å². The Morgan fingerprint density at radius 2 is 1.90 bits per heavy atom. The number of allylic oxidation sites excluding steroid dienone is 4. The number of non-ortho nitro benzene ring substituents is 1. The van der Waals surface area contributed by atoms with E-state index >= 15 is 0 Å². The molecule has 0 saturated heterocycles. The van der Waals surface area contributed by atoms with Gasteiger partial charge in [0.25, 0.3) is 5.69 Å². The predicted octanol–water partition coefficient (Wildman–Crippen LogP) is 4.80. The van der Waals surface area contributed by atoms with Gasteiger partial charge in [-0.15, -0.1) is 0 Å². The zero-order valence-corrected chi connectivity index (χ0v) is 11.6. The summed E-state index contributed by atoms with van der Waals surface area (Å²) in [5.41, 5.74) is 5.61. The molecule has 2 aliphatic carbocycles. The van der Waals surface area contributed by atoms with E-state index in [2.05, 4.69) is 18.2 Å². The molecule has 0 spiro atoms. The molecule has 4 rings (SSSR count). The highest BCUT2D eigenvalue weighted by Gasteiger charge is 2.22. The third-order valence-corrected chi connectivity index (χ3v) is 4.59. The SMILES string of the molecule is O=[N+]([O-])c1cccc2c3c(ccc12)C1=C(CCC=C1)CC3. The van der Waals surface area contributed by atoms with Crippen molar-refractivity contribution in [3.63, 3.8) is 0 Å². The zero-order valence-electron chi connectivity index (χ0n) is 11.6. The van der Waals surface area contributed by atoms with Gasteiger partial charge < -0.3 is 0 Å². The fourth-order valence-corrected chi connectivity index (χ4v) is 3.61. The molecule has 0 N–H and O–H groups in total. The summed E-state index contributed by atoms with van der Waals surface area (Å²) in [5.74, 6) is 0. The van der Waals surface area contributed by atoms with Crippen molar-refractivity contribution in [3.05, 3.63) is 69.3 Å². The quantitative estimate of drug-likeness (QED) is 0.555. The Balaban J connectivity index is 2.01. The van der Waals surface area contributed by atoms with E-state index in [1.807, 2.05) is 12.1 Å². The van der Waals surface area contributed by atoms with Gasteiger partial charge in [-0.25, -0.2) is 0 Å². The molecule has 21 heavy (non-hydrogen) atoms. The number of rotatable bonds is 1. The molecule has 0 atom stereocenters. The number of aryl methyl sites for hydroxylation is 1. The number of nitro groups is 1. The molecule has 0 heterocycles. The van der Waals surface area contributed by atoms with Crippen LogP contribution in [0, 0.1) is 10.1 Å². The Morgan fingerprint density at radius 3 is 2.76 bits per heavy atom. The number of hydrogen-bond donors (Lipinski definition) is 0. The molecule has 2 aromatic carbocycles. The Bertz CT molecular complexity index is 830. The minimum Gasteiger partial charge on any atom is -0.258 e. The molecule has 104 valence electrons. The summed E-state index contributed by atoms with van der Waals surface area (Å²) < 4.78 is 0. The summed E-state index contributed by atoms with van der Waals surface area (Å²) in [6.07, 6.45) is 8.80. The van der Waals surface area contributed by atoms with Gasteiger partial charge in [0.1, 0.15) is 0 Å². The van der Waals surface area contributed by atoms with Crippen molar-refractivity contribution in [1.29, 1.82) is 0 Å². The van der Waals surface area contributed by atoms with Crippen LogP contribution in [0.4, 0.5) is 5.69 Å². The number of hydrogen-bond acceptors (Lipinski definition) is 2. The molecular weight excluding hydrogens is 262 g/mol. The highest BCUT2D eigenvalue weighted by atomic mass is 16.6. The van der Waals surface area contributed by atoms with Gasteiger partial charge in [0.2, 0.25) is 0 Å². The van der Waals surface area contributed by atoms with Gasteiger partial charge in [-0.2, -0.15) is 0 Å². The lowest BCUT2D eigenvalue weighted by Gasteiger charge is -2.25. The van der Waals surface area contributed by atoms with E-state index in [0.29, 0.717) is 0 Å². The van der Waals surface area contributed by atoms with Crippen LogP contribution in [0.25, 0.3) is 16.3 Å². The van der Waals surface area contributed by atoms with E-state index in [-0.39, 0.29) is 10.6 Å². The van der Waals surface area contributed by atoms with Crippen molar-refractivity contribution >= 4 is 22.0 Å². The van der Waals surface area contributed by atoms with Gasteiger partial charge in [0.15, 0.2) is 0 Å². The maximum Gasteiger partial charge on any atom is 0.277 e. The van der Waals surface area contributed by atoms with Crippen molar-refractivity contribution in [2.24, 2.45) is 0 Å². The Kier molecular flexibility index (Phi) is 2.67. The number of nitrogens with zero attached hydrogens (tertiary/aromatic N) is 1.